The summed E-state index contributed by atoms with van der Waals surface area (Å²) in [5.41, 5.74) is 6.40. The van der Waals surface area contributed by atoms with Gasteiger partial charge in [0.25, 0.3) is 0 Å². The van der Waals surface area contributed by atoms with Gasteiger partial charge in [0.15, 0.2) is 5.82 Å². The van der Waals surface area contributed by atoms with Crippen molar-refractivity contribution in [1.82, 2.24) is 14.8 Å². The van der Waals surface area contributed by atoms with Crippen molar-refractivity contribution in [3.8, 4) is 17.2 Å². The normalized spacial score (nSPS) is 10.6. The molecule has 6 nitrogen and oxygen atoms in total. The fraction of sp³-hybridized carbons (Fsp3) is 0.385. The van der Waals surface area contributed by atoms with Crippen molar-refractivity contribution >= 4 is 11.6 Å². The summed E-state index contributed by atoms with van der Waals surface area (Å²) < 4.78 is 12.5. The van der Waals surface area contributed by atoms with Gasteiger partial charge in [-0.25, -0.2) is 0 Å². The first-order valence-corrected chi connectivity index (χ1v) is 6.70. The van der Waals surface area contributed by atoms with Crippen LogP contribution in [0.2, 0.25) is 0 Å². The Bertz CT molecular complexity index is 586. The third-order valence-corrected chi connectivity index (χ3v) is 3.15. The average Bonchev–Trinajstić information content (AvgIpc) is 2.89. The van der Waals surface area contributed by atoms with Gasteiger partial charge >= 0.3 is 0 Å². The van der Waals surface area contributed by atoms with Gasteiger partial charge in [0.1, 0.15) is 17.3 Å². The number of aromatic nitrogens is 3. The SMILES string of the molecule is COc1ccc(OC)c(-n2c(CCl)nnc2CCN)c1. The first-order chi connectivity index (χ1) is 9.74. The minimum atomic E-state index is 0.248. The molecule has 108 valence electrons. The van der Waals surface area contributed by atoms with E-state index < -0.39 is 0 Å². The number of alkyl halides is 1. The molecule has 0 aliphatic carbocycles. The highest BCUT2D eigenvalue weighted by molar-refractivity contribution is 6.16. The Hall–Kier alpha value is -1.79. The van der Waals surface area contributed by atoms with Crippen LogP contribution in [0.25, 0.3) is 5.69 Å². The Balaban J connectivity index is 2.61. The highest BCUT2D eigenvalue weighted by atomic mass is 35.5. The lowest BCUT2D eigenvalue weighted by Gasteiger charge is -2.14. The van der Waals surface area contributed by atoms with Crippen molar-refractivity contribution in [2.24, 2.45) is 5.73 Å². The number of nitrogens with zero attached hydrogens (tertiary/aromatic N) is 3. The number of halogens is 1. The largest absolute Gasteiger partial charge is 0.497 e. The van der Waals surface area contributed by atoms with E-state index in [2.05, 4.69) is 10.2 Å². The van der Waals surface area contributed by atoms with E-state index in [0.29, 0.717) is 30.3 Å². The van der Waals surface area contributed by atoms with Gasteiger partial charge in [-0.05, 0) is 18.7 Å². The third kappa shape index (κ3) is 2.71. The van der Waals surface area contributed by atoms with Gasteiger partial charge in [-0.3, -0.25) is 4.57 Å². The molecule has 0 atom stereocenters. The Morgan fingerprint density at radius 2 is 1.95 bits per heavy atom. The van der Waals surface area contributed by atoms with E-state index in [1.54, 1.807) is 14.2 Å². The lowest BCUT2D eigenvalue weighted by Crippen LogP contribution is -2.11. The average molecular weight is 297 g/mol. The zero-order chi connectivity index (χ0) is 14.5. The summed E-state index contributed by atoms with van der Waals surface area (Å²) in [5, 5.41) is 8.23. The number of benzene rings is 1. The van der Waals surface area contributed by atoms with Gasteiger partial charge in [-0.15, -0.1) is 21.8 Å². The van der Waals surface area contributed by atoms with Crippen LogP contribution in [0.5, 0.6) is 11.5 Å². The van der Waals surface area contributed by atoms with Gasteiger partial charge in [0.2, 0.25) is 0 Å². The maximum Gasteiger partial charge on any atom is 0.152 e. The summed E-state index contributed by atoms with van der Waals surface area (Å²) in [5.74, 6) is 3.04. The van der Waals surface area contributed by atoms with Gasteiger partial charge in [0.05, 0.1) is 25.8 Å². The Morgan fingerprint density at radius 3 is 2.55 bits per heavy atom. The minimum absolute atomic E-state index is 0.248. The van der Waals surface area contributed by atoms with E-state index in [1.807, 2.05) is 22.8 Å². The second-order valence-corrected chi connectivity index (χ2v) is 4.35. The molecule has 0 spiro atoms. The van der Waals surface area contributed by atoms with Gasteiger partial charge in [-0.1, -0.05) is 0 Å². The van der Waals surface area contributed by atoms with Crippen LogP contribution in [0.15, 0.2) is 18.2 Å². The van der Waals surface area contributed by atoms with Crippen LogP contribution < -0.4 is 15.2 Å². The van der Waals surface area contributed by atoms with E-state index in [0.717, 1.165) is 11.5 Å². The molecule has 2 N–H and O–H groups in total. The van der Waals surface area contributed by atoms with Gasteiger partial charge in [0, 0.05) is 12.5 Å². The van der Waals surface area contributed by atoms with Crippen LogP contribution in [-0.4, -0.2) is 35.5 Å². The number of ether oxygens (including phenoxy) is 2. The number of hydrogen-bond acceptors (Lipinski definition) is 5. The maximum atomic E-state index is 5.94. The predicted octanol–water partition coefficient (Wildman–Crippen LogP) is 1.52. The van der Waals surface area contributed by atoms with Crippen LogP contribution in [-0.2, 0) is 12.3 Å². The highest BCUT2D eigenvalue weighted by Crippen LogP contribution is 2.29. The number of methoxy groups -OCH3 is 2. The lowest BCUT2D eigenvalue weighted by molar-refractivity contribution is 0.401. The summed E-state index contributed by atoms with van der Waals surface area (Å²) >= 11 is 5.94. The summed E-state index contributed by atoms with van der Waals surface area (Å²) in [7, 11) is 3.22. The monoisotopic (exact) mass is 296 g/mol. The van der Waals surface area contributed by atoms with Crippen molar-refractivity contribution < 1.29 is 9.47 Å². The molecule has 1 aromatic heterocycles. The van der Waals surface area contributed by atoms with Crippen LogP contribution in [0, 0.1) is 0 Å². The topological polar surface area (TPSA) is 75.2 Å². The second-order valence-electron chi connectivity index (χ2n) is 4.08. The molecular weight excluding hydrogens is 280 g/mol. The quantitative estimate of drug-likeness (QED) is 0.818. The molecule has 0 saturated carbocycles. The number of nitrogens with two attached hydrogens (primary N) is 1. The zero-order valence-electron chi connectivity index (χ0n) is 11.5. The number of rotatable bonds is 6. The first kappa shape index (κ1) is 14.6. The summed E-state index contributed by atoms with van der Waals surface area (Å²) in [6.07, 6.45) is 0.601. The molecule has 2 rings (SSSR count). The maximum absolute atomic E-state index is 5.94. The number of hydrogen-bond donors (Lipinski definition) is 1. The molecule has 0 amide bonds. The summed E-state index contributed by atoms with van der Waals surface area (Å²) in [6.45, 7) is 0.479. The van der Waals surface area contributed by atoms with Crippen molar-refractivity contribution in [2.75, 3.05) is 20.8 Å². The van der Waals surface area contributed by atoms with Crippen LogP contribution in [0.1, 0.15) is 11.6 Å². The molecule has 2 aromatic rings. The standard InChI is InChI=1S/C13H17ClN4O2/c1-19-9-3-4-11(20-2)10(7-9)18-12(5-6-15)16-17-13(18)8-14/h3-4,7H,5-6,8,15H2,1-2H3. The molecular formula is C13H17ClN4O2. The fourth-order valence-corrected chi connectivity index (χ4v) is 2.15. The molecule has 0 unspecified atom stereocenters. The third-order valence-electron chi connectivity index (χ3n) is 2.91. The molecule has 0 radical (unpaired) electrons. The minimum Gasteiger partial charge on any atom is -0.497 e. The molecule has 0 saturated heterocycles. The van der Waals surface area contributed by atoms with Crippen LogP contribution in [0.4, 0.5) is 0 Å². The van der Waals surface area contributed by atoms with Crippen molar-refractivity contribution in [3.63, 3.8) is 0 Å². The first-order valence-electron chi connectivity index (χ1n) is 6.16. The Kier molecular flexibility index (Phi) is 4.81. The van der Waals surface area contributed by atoms with E-state index >= 15 is 0 Å². The van der Waals surface area contributed by atoms with E-state index in [1.165, 1.54) is 0 Å². The van der Waals surface area contributed by atoms with Gasteiger partial charge < -0.3 is 15.2 Å². The van der Waals surface area contributed by atoms with E-state index in [9.17, 15) is 0 Å². The molecule has 0 aliphatic rings. The summed E-state index contributed by atoms with van der Waals surface area (Å²) in [6, 6.07) is 5.52. The molecule has 1 aromatic carbocycles. The Labute approximate surface area is 122 Å². The Morgan fingerprint density at radius 1 is 1.20 bits per heavy atom. The zero-order valence-corrected chi connectivity index (χ0v) is 12.2. The molecule has 0 aliphatic heterocycles. The molecule has 20 heavy (non-hydrogen) atoms. The van der Waals surface area contributed by atoms with Crippen molar-refractivity contribution in [3.05, 3.63) is 29.8 Å². The second kappa shape index (κ2) is 6.58. The summed E-state index contributed by atoms with van der Waals surface area (Å²) in [4.78, 5) is 0. The van der Waals surface area contributed by atoms with Crippen LogP contribution >= 0.6 is 11.6 Å². The van der Waals surface area contributed by atoms with E-state index in [-0.39, 0.29) is 5.88 Å². The fourth-order valence-electron chi connectivity index (χ4n) is 1.98. The smallest absolute Gasteiger partial charge is 0.152 e. The predicted molar refractivity (Wildman–Crippen MR) is 76.8 cm³/mol. The van der Waals surface area contributed by atoms with E-state index in [4.69, 9.17) is 26.8 Å². The van der Waals surface area contributed by atoms with Crippen LogP contribution in [0.3, 0.4) is 0 Å². The lowest BCUT2D eigenvalue weighted by atomic mass is 10.2. The molecule has 0 bridgehead atoms. The van der Waals surface area contributed by atoms with Crippen molar-refractivity contribution in [1.29, 1.82) is 0 Å². The molecule has 7 heteroatoms. The van der Waals surface area contributed by atoms with Gasteiger partial charge in [-0.2, -0.15) is 0 Å². The highest BCUT2D eigenvalue weighted by Gasteiger charge is 2.17. The molecule has 0 fully saturated rings. The van der Waals surface area contributed by atoms with Crippen molar-refractivity contribution in [2.45, 2.75) is 12.3 Å². The molecule has 1 heterocycles.